The zero-order valence-corrected chi connectivity index (χ0v) is 11.2. The summed E-state index contributed by atoms with van der Waals surface area (Å²) in [4.78, 5) is 4.72. The number of rotatable bonds is 1. The number of aromatic nitrogens is 1. The molecule has 3 rings (SSSR count). The molecule has 0 N–H and O–H groups in total. The maximum absolute atomic E-state index is 6.52. The van der Waals surface area contributed by atoms with Crippen molar-refractivity contribution in [2.24, 2.45) is 0 Å². The van der Waals surface area contributed by atoms with Crippen LogP contribution in [0.3, 0.4) is 0 Å². The highest BCUT2D eigenvalue weighted by Gasteiger charge is 2.20. The summed E-state index contributed by atoms with van der Waals surface area (Å²) in [5.41, 5.74) is 4.01. The zero-order chi connectivity index (χ0) is 12.7. The van der Waals surface area contributed by atoms with Crippen molar-refractivity contribution in [1.29, 1.82) is 0 Å². The van der Waals surface area contributed by atoms with Crippen molar-refractivity contribution >= 4 is 22.5 Å². The van der Waals surface area contributed by atoms with Crippen molar-refractivity contribution < 1.29 is 9.47 Å². The second-order valence-electron chi connectivity index (χ2n) is 4.46. The summed E-state index contributed by atoms with van der Waals surface area (Å²) in [5.74, 6) is 0.770. The fourth-order valence-corrected chi connectivity index (χ4v) is 2.80. The van der Waals surface area contributed by atoms with E-state index in [1.807, 2.05) is 19.1 Å². The van der Waals surface area contributed by atoms with Gasteiger partial charge in [0.15, 0.2) is 0 Å². The van der Waals surface area contributed by atoms with Crippen molar-refractivity contribution in [3.05, 3.63) is 34.0 Å². The monoisotopic (exact) mass is 263 g/mol. The van der Waals surface area contributed by atoms with Gasteiger partial charge in [0.25, 0.3) is 0 Å². The number of hydrogen-bond donors (Lipinski definition) is 0. The molecule has 0 saturated heterocycles. The summed E-state index contributed by atoms with van der Waals surface area (Å²) < 4.78 is 10.8. The molecule has 3 nitrogen and oxygen atoms in total. The summed E-state index contributed by atoms with van der Waals surface area (Å²) in [6, 6.07) is 3.94. The summed E-state index contributed by atoms with van der Waals surface area (Å²) in [6.07, 6.45) is 0.808. The molecule has 1 aliphatic heterocycles. The van der Waals surface area contributed by atoms with Gasteiger partial charge in [0.2, 0.25) is 0 Å². The number of pyridine rings is 1. The molecule has 18 heavy (non-hydrogen) atoms. The van der Waals surface area contributed by atoms with Crippen molar-refractivity contribution in [2.45, 2.75) is 20.0 Å². The van der Waals surface area contributed by atoms with E-state index in [-0.39, 0.29) is 0 Å². The molecule has 94 valence electrons. The molecule has 1 aliphatic rings. The Morgan fingerprint density at radius 2 is 2.22 bits per heavy atom. The molecule has 4 heteroatoms. The van der Waals surface area contributed by atoms with E-state index in [2.05, 4.69) is 0 Å². The topological polar surface area (TPSA) is 31.4 Å². The van der Waals surface area contributed by atoms with Gasteiger partial charge in [0.1, 0.15) is 11.3 Å². The van der Waals surface area contributed by atoms with Crippen LogP contribution in [0.15, 0.2) is 12.1 Å². The van der Waals surface area contributed by atoms with Gasteiger partial charge in [0.05, 0.1) is 31.0 Å². The zero-order valence-electron chi connectivity index (χ0n) is 10.4. The third kappa shape index (κ3) is 1.66. The van der Waals surface area contributed by atoms with E-state index in [1.165, 1.54) is 0 Å². The molecule has 1 aromatic carbocycles. The third-order valence-electron chi connectivity index (χ3n) is 3.38. The van der Waals surface area contributed by atoms with Gasteiger partial charge in [0, 0.05) is 17.4 Å². The molecular formula is C14H14ClNO2. The average molecular weight is 264 g/mol. The first kappa shape index (κ1) is 11.8. The first-order chi connectivity index (χ1) is 8.72. The van der Waals surface area contributed by atoms with Crippen LogP contribution in [0.4, 0.5) is 0 Å². The highest BCUT2D eigenvalue weighted by molar-refractivity contribution is 6.36. The molecule has 0 aliphatic carbocycles. The van der Waals surface area contributed by atoms with Gasteiger partial charge in [-0.2, -0.15) is 0 Å². The molecule has 0 unspecified atom stereocenters. The van der Waals surface area contributed by atoms with Crippen LogP contribution in [0.1, 0.15) is 16.8 Å². The van der Waals surface area contributed by atoms with E-state index in [1.54, 1.807) is 7.11 Å². The van der Waals surface area contributed by atoms with Gasteiger partial charge >= 0.3 is 0 Å². The Bertz CT molecular complexity index is 625. The number of fused-ring (bicyclic) bond motifs is 2. The summed E-state index contributed by atoms with van der Waals surface area (Å²) in [7, 11) is 1.66. The molecule has 0 atom stereocenters. The van der Waals surface area contributed by atoms with Crippen LogP contribution in [-0.2, 0) is 17.8 Å². The molecule has 0 saturated carbocycles. The van der Waals surface area contributed by atoms with Gasteiger partial charge in [-0.1, -0.05) is 17.7 Å². The first-order valence-electron chi connectivity index (χ1n) is 5.94. The molecule has 0 bridgehead atoms. The number of benzene rings is 1. The fraction of sp³-hybridized carbons (Fsp3) is 0.357. The minimum Gasteiger partial charge on any atom is -0.494 e. The average Bonchev–Trinajstić information content (AvgIpc) is 2.39. The smallest absolute Gasteiger partial charge is 0.145 e. The Morgan fingerprint density at radius 1 is 1.39 bits per heavy atom. The Balaban J connectivity index is 2.41. The minimum atomic E-state index is 0.549. The Morgan fingerprint density at radius 3 is 3.00 bits per heavy atom. The largest absolute Gasteiger partial charge is 0.494 e. The number of hydrogen-bond acceptors (Lipinski definition) is 3. The Kier molecular flexibility index (Phi) is 2.88. The third-order valence-corrected chi connectivity index (χ3v) is 3.80. The van der Waals surface area contributed by atoms with Gasteiger partial charge in [-0.25, -0.2) is 4.98 Å². The fourth-order valence-electron chi connectivity index (χ4n) is 2.40. The Labute approximate surface area is 111 Å². The summed E-state index contributed by atoms with van der Waals surface area (Å²) in [5, 5.41) is 1.73. The standard InChI is InChI=1S/C14H14ClNO2/c1-8-3-4-11(17-2)14-12(8)13(15)9-7-18-6-5-10(9)16-14/h3-4H,5-7H2,1-2H3. The molecule has 2 heterocycles. The highest BCUT2D eigenvalue weighted by atomic mass is 35.5. The van der Waals surface area contributed by atoms with E-state index in [0.29, 0.717) is 13.2 Å². The molecule has 0 fully saturated rings. The molecule has 0 spiro atoms. The van der Waals surface area contributed by atoms with Gasteiger partial charge in [-0.05, 0) is 18.6 Å². The predicted molar refractivity (Wildman–Crippen MR) is 71.4 cm³/mol. The number of halogens is 1. The normalized spacial score (nSPS) is 14.6. The van der Waals surface area contributed by atoms with Gasteiger partial charge in [-0.15, -0.1) is 0 Å². The van der Waals surface area contributed by atoms with Crippen LogP contribution in [0.5, 0.6) is 5.75 Å². The number of aryl methyl sites for hydroxylation is 1. The number of nitrogens with zero attached hydrogens (tertiary/aromatic N) is 1. The summed E-state index contributed by atoms with van der Waals surface area (Å²) in [6.45, 7) is 3.29. The predicted octanol–water partition coefficient (Wildman–Crippen LogP) is 3.28. The lowest BCUT2D eigenvalue weighted by atomic mass is 10.0. The van der Waals surface area contributed by atoms with Crippen LogP contribution in [0, 0.1) is 6.92 Å². The van der Waals surface area contributed by atoms with Crippen LogP contribution in [-0.4, -0.2) is 18.7 Å². The van der Waals surface area contributed by atoms with E-state index in [9.17, 15) is 0 Å². The molecule has 2 aromatic rings. The lowest BCUT2D eigenvalue weighted by molar-refractivity contribution is 0.109. The second kappa shape index (κ2) is 4.41. The molecule has 1 aromatic heterocycles. The molecule has 0 radical (unpaired) electrons. The summed E-state index contributed by atoms with van der Waals surface area (Å²) >= 11 is 6.52. The maximum atomic E-state index is 6.52. The van der Waals surface area contributed by atoms with Crippen LogP contribution in [0.2, 0.25) is 5.02 Å². The molecular weight excluding hydrogens is 250 g/mol. The van der Waals surface area contributed by atoms with Gasteiger partial charge in [-0.3, -0.25) is 0 Å². The minimum absolute atomic E-state index is 0.549. The van der Waals surface area contributed by atoms with Gasteiger partial charge < -0.3 is 9.47 Å². The quantitative estimate of drug-likeness (QED) is 0.791. The van der Waals surface area contributed by atoms with E-state index < -0.39 is 0 Å². The van der Waals surface area contributed by atoms with E-state index in [4.69, 9.17) is 26.1 Å². The lowest BCUT2D eigenvalue weighted by Crippen LogP contribution is -2.13. The van der Waals surface area contributed by atoms with Crippen molar-refractivity contribution in [3.63, 3.8) is 0 Å². The molecule has 0 amide bonds. The van der Waals surface area contributed by atoms with Crippen LogP contribution < -0.4 is 4.74 Å². The maximum Gasteiger partial charge on any atom is 0.145 e. The SMILES string of the molecule is COc1ccc(C)c2c(Cl)c3c(nc12)CCOC3. The Hall–Kier alpha value is -1.32. The lowest BCUT2D eigenvalue weighted by Gasteiger charge is -2.19. The van der Waals surface area contributed by atoms with Crippen molar-refractivity contribution in [2.75, 3.05) is 13.7 Å². The number of ether oxygens (including phenoxy) is 2. The van der Waals surface area contributed by atoms with Crippen LogP contribution >= 0.6 is 11.6 Å². The van der Waals surface area contributed by atoms with Crippen molar-refractivity contribution in [3.8, 4) is 5.75 Å². The number of methoxy groups -OCH3 is 1. The van der Waals surface area contributed by atoms with E-state index in [0.717, 1.165) is 44.9 Å². The van der Waals surface area contributed by atoms with Crippen molar-refractivity contribution in [1.82, 2.24) is 4.98 Å². The van der Waals surface area contributed by atoms with E-state index >= 15 is 0 Å². The highest BCUT2D eigenvalue weighted by Crippen LogP contribution is 2.36. The second-order valence-corrected chi connectivity index (χ2v) is 4.84. The first-order valence-corrected chi connectivity index (χ1v) is 6.32. The van der Waals surface area contributed by atoms with Crippen LogP contribution in [0.25, 0.3) is 10.9 Å².